The number of hydrogen-bond acceptors (Lipinski definition) is 4. The molecule has 2 rings (SSSR count). The smallest absolute Gasteiger partial charge is 0.328 e. The number of carboxylic acid groups (broad SMARTS) is 1. The molecule has 0 saturated carbocycles. The number of carboxylic acids is 1. The maximum Gasteiger partial charge on any atom is 0.328 e. The van der Waals surface area contributed by atoms with E-state index < -0.39 is 5.97 Å². The normalized spacial score (nSPS) is 10.7. The molecular formula is C15H14N2O4. The van der Waals surface area contributed by atoms with Gasteiger partial charge in [0.15, 0.2) is 0 Å². The summed E-state index contributed by atoms with van der Waals surface area (Å²) >= 11 is 0. The molecule has 2 aromatic heterocycles. The molecule has 0 aliphatic rings. The molecule has 6 nitrogen and oxygen atoms in total. The molecule has 2 heterocycles. The van der Waals surface area contributed by atoms with Crippen molar-refractivity contribution in [1.82, 2.24) is 9.88 Å². The van der Waals surface area contributed by atoms with Crippen molar-refractivity contribution in [3.63, 3.8) is 0 Å². The second kappa shape index (κ2) is 6.51. The molecule has 0 spiro atoms. The standard InChI is InChI=1S/C15H14N2O4/c1-17(9-11-6-8-21-10-11)15(20)14-12(3-2-7-16-14)4-5-13(18)19/h2-8,10H,9H2,1H3,(H,18,19)/b5-4+. The summed E-state index contributed by atoms with van der Waals surface area (Å²) in [6, 6.07) is 5.06. The fourth-order valence-corrected chi connectivity index (χ4v) is 1.80. The van der Waals surface area contributed by atoms with E-state index in [1.165, 1.54) is 23.4 Å². The summed E-state index contributed by atoms with van der Waals surface area (Å²) in [5, 5.41) is 8.67. The third kappa shape index (κ3) is 3.79. The van der Waals surface area contributed by atoms with E-state index in [-0.39, 0.29) is 11.6 Å². The predicted molar refractivity (Wildman–Crippen MR) is 75.4 cm³/mol. The van der Waals surface area contributed by atoms with Crippen LogP contribution in [0.2, 0.25) is 0 Å². The third-order valence-corrected chi connectivity index (χ3v) is 2.79. The molecule has 0 aliphatic carbocycles. The van der Waals surface area contributed by atoms with E-state index in [0.717, 1.165) is 11.6 Å². The Balaban J connectivity index is 2.20. The number of pyridine rings is 1. The van der Waals surface area contributed by atoms with Gasteiger partial charge >= 0.3 is 5.97 Å². The number of amides is 1. The van der Waals surface area contributed by atoms with Crippen molar-refractivity contribution >= 4 is 18.0 Å². The van der Waals surface area contributed by atoms with Crippen molar-refractivity contribution in [2.45, 2.75) is 6.54 Å². The molecule has 1 N–H and O–H groups in total. The van der Waals surface area contributed by atoms with Crippen LogP contribution in [0.25, 0.3) is 6.08 Å². The summed E-state index contributed by atoms with van der Waals surface area (Å²) < 4.78 is 4.96. The number of carbonyl (C=O) groups is 2. The van der Waals surface area contributed by atoms with Crippen molar-refractivity contribution in [3.8, 4) is 0 Å². The van der Waals surface area contributed by atoms with Crippen LogP contribution in [0.4, 0.5) is 0 Å². The lowest BCUT2D eigenvalue weighted by atomic mass is 10.1. The Bertz CT molecular complexity index is 662. The predicted octanol–water partition coefficient (Wildman–Crippen LogP) is 2.04. The molecule has 6 heteroatoms. The maximum atomic E-state index is 12.4. The van der Waals surface area contributed by atoms with Gasteiger partial charge < -0.3 is 14.4 Å². The quantitative estimate of drug-likeness (QED) is 0.850. The van der Waals surface area contributed by atoms with Gasteiger partial charge in [-0.05, 0) is 18.2 Å². The van der Waals surface area contributed by atoms with Gasteiger partial charge in [-0.2, -0.15) is 0 Å². The molecule has 0 unspecified atom stereocenters. The van der Waals surface area contributed by atoms with Crippen LogP contribution in [-0.2, 0) is 11.3 Å². The van der Waals surface area contributed by atoms with Crippen molar-refractivity contribution in [1.29, 1.82) is 0 Å². The van der Waals surface area contributed by atoms with E-state index in [9.17, 15) is 9.59 Å². The first-order valence-corrected chi connectivity index (χ1v) is 6.20. The monoisotopic (exact) mass is 286 g/mol. The minimum Gasteiger partial charge on any atom is -0.478 e. The van der Waals surface area contributed by atoms with E-state index >= 15 is 0 Å². The van der Waals surface area contributed by atoms with Gasteiger partial charge in [0.1, 0.15) is 5.69 Å². The lowest BCUT2D eigenvalue weighted by Crippen LogP contribution is -2.27. The molecule has 0 atom stereocenters. The summed E-state index contributed by atoms with van der Waals surface area (Å²) in [5.41, 5.74) is 1.54. The highest BCUT2D eigenvalue weighted by Crippen LogP contribution is 2.12. The minimum absolute atomic E-state index is 0.209. The van der Waals surface area contributed by atoms with Gasteiger partial charge in [-0.3, -0.25) is 9.78 Å². The maximum absolute atomic E-state index is 12.4. The first-order valence-electron chi connectivity index (χ1n) is 6.20. The van der Waals surface area contributed by atoms with Crippen LogP contribution in [0.15, 0.2) is 47.4 Å². The second-order valence-corrected chi connectivity index (χ2v) is 4.41. The summed E-state index contributed by atoms with van der Waals surface area (Å²) in [6.07, 6.45) is 6.93. The average Bonchev–Trinajstić information content (AvgIpc) is 2.97. The van der Waals surface area contributed by atoms with Crippen LogP contribution < -0.4 is 0 Å². The van der Waals surface area contributed by atoms with Gasteiger partial charge in [0.2, 0.25) is 0 Å². The van der Waals surface area contributed by atoms with Crippen molar-refractivity contribution in [2.24, 2.45) is 0 Å². The average molecular weight is 286 g/mol. The Labute approximate surface area is 121 Å². The number of hydrogen-bond donors (Lipinski definition) is 1. The Kier molecular flexibility index (Phi) is 4.50. The molecule has 1 amide bonds. The SMILES string of the molecule is CN(Cc1ccoc1)C(=O)c1ncccc1/C=C/C(=O)O. The van der Waals surface area contributed by atoms with E-state index in [1.807, 2.05) is 0 Å². The fourth-order valence-electron chi connectivity index (χ4n) is 1.80. The largest absolute Gasteiger partial charge is 0.478 e. The molecule has 0 aliphatic heterocycles. The molecule has 0 saturated heterocycles. The zero-order chi connectivity index (χ0) is 15.2. The van der Waals surface area contributed by atoms with Gasteiger partial charge in [0.25, 0.3) is 5.91 Å². The lowest BCUT2D eigenvalue weighted by Gasteiger charge is -2.16. The molecule has 0 fully saturated rings. The van der Waals surface area contributed by atoms with E-state index in [0.29, 0.717) is 12.1 Å². The number of aliphatic carboxylic acids is 1. The van der Waals surface area contributed by atoms with Crippen LogP contribution in [0.5, 0.6) is 0 Å². The summed E-state index contributed by atoms with van der Waals surface area (Å²) in [6.45, 7) is 0.383. The van der Waals surface area contributed by atoms with Crippen LogP contribution in [0, 0.1) is 0 Å². The molecule has 108 valence electrons. The Morgan fingerprint density at radius 2 is 2.24 bits per heavy atom. The number of nitrogens with zero attached hydrogens (tertiary/aromatic N) is 2. The highest BCUT2D eigenvalue weighted by atomic mass is 16.4. The fraction of sp³-hybridized carbons (Fsp3) is 0.133. The first kappa shape index (κ1) is 14.5. The van der Waals surface area contributed by atoms with Crippen molar-refractivity contribution in [3.05, 3.63) is 59.8 Å². The zero-order valence-electron chi connectivity index (χ0n) is 11.4. The highest BCUT2D eigenvalue weighted by molar-refractivity contribution is 5.97. The van der Waals surface area contributed by atoms with Gasteiger partial charge in [0.05, 0.1) is 12.5 Å². The van der Waals surface area contributed by atoms with Gasteiger partial charge in [0, 0.05) is 37.0 Å². The number of carbonyl (C=O) groups excluding carboxylic acids is 1. The summed E-state index contributed by atoms with van der Waals surface area (Å²) in [5.74, 6) is -1.37. The highest BCUT2D eigenvalue weighted by Gasteiger charge is 2.16. The topological polar surface area (TPSA) is 83.6 Å². The van der Waals surface area contributed by atoms with Gasteiger partial charge in [-0.1, -0.05) is 6.07 Å². The molecular weight excluding hydrogens is 272 g/mol. The van der Waals surface area contributed by atoms with Crippen LogP contribution in [0.3, 0.4) is 0 Å². The molecule has 0 radical (unpaired) electrons. The first-order chi connectivity index (χ1) is 10.1. The van der Waals surface area contributed by atoms with Gasteiger partial charge in [-0.25, -0.2) is 4.79 Å². The number of furan rings is 1. The Morgan fingerprint density at radius 3 is 2.90 bits per heavy atom. The van der Waals surface area contributed by atoms with E-state index in [2.05, 4.69) is 4.98 Å². The van der Waals surface area contributed by atoms with Crippen LogP contribution in [-0.4, -0.2) is 33.9 Å². The summed E-state index contributed by atoms with van der Waals surface area (Å²) in [4.78, 5) is 28.5. The lowest BCUT2D eigenvalue weighted by molar-refractivity contribution is -0.131. The van der Waals surface area contributed by atoms with E-state index in [1.54, 1.807) is 31.5 Å². The summed E-state index contributed by atoms with van der Waals surface area (Å²) in [7, 11) is 1.65. The van der Waals surface area contributed by atoms with Crippen molar-refractivity contribution in [2.75, 3.05) is 7.05 Å². The van der Waals surface area contributed by atoms with E-state index in [4.69, 9.17) is 9.52 Å². The molecule has 2 aromatic rings. The third-order valence-electron chi connectivity index (χ3n) is 2.79. The number of aromatic nitrogens is 1. The van der Waals surface area contributed by atoms with Crippen LogP contribution >= 0.6 is 0 Å². The molecule has 0 aromatic carbocycles. The zero-order valence-corrected chi connectivity index (χ0v) is 11.4. The number of rotatable bonds is 5. The van der Waals surface area contributed by atoms with Crippen molar-refractivity contribution < 1.29 is 19.1 Å². The molecule has 21 heavy (non-hydrogen) atoms. The van der Waals surface area contributed by atoms with Gasteiger partial charge in [-0.15, -0.1) is 0 Å². The van der Waals surface area contributed by atoms with Crippen LogP contribution in [0.1, 0.15) is 21.6 Å². The second-order valence-electron chi connectivity index (χ2n) is 4.41. The Morgan fingerprint density at radius 1 is 1.43 bits per heavy atom. The minimum atomic E-state index is -1.08. The molecule has 0 bridgehead atoms. The Hall–Kier alpha value is -2.89.